The molecule has 0 fully saturated rings. The molecule has 0 aliphatic rings. The van der Waals surface area contributed by atoms with Gasteiger partial charge in [-0.25, -0.2) is 0 Å². The predicted molar refractivity (Wildman–Crippen MR) is 57.9 cm³/mol. The quantitative estimate of drug-likeness (QED) is 0.840. The molecule has 0 aliphatic carbocycles. The van der Waals surface area contributed by atoms with Gasteiger partial charge in [0.1, 0.15) is 0 Å². The molecule has 0 spiro atoms. The largest absolute Gasteiger partial charge is 0.394 e. The van der Waals surface area contributed by atoms with Gasteiger partial charge in [0.2, 0.25) is 0 Å². The molecule has 1 atom stereocenters. The summed E-state index contributed by atoms with van der Waals surface area (Å²) < 4.78 is 0. The second kappa shape index (κ2) is 5.56. The highest BCUT2D eigenvalue weighted by Crippen LogP contribution is 2.23. The lowest BCUT2D eigenvalue weighted by molar-refractivity contribution is 0.0886. The van der Waals surface area contributed by atoms with E-state index in [9.17, 15) is 0 Å². The van der Waals surface area contributed by atoms with Crippen LogP contribution >= 0.6 is 23.2 Å². The Morgan fingerprint density at radius 3 is 2.50 bits per heavy atom. The van der Waals surface area contributed by atoms with E-state index in [2.05, 4.69) is 0 Å². The van der Waals surface area contributed by atoms with Crippen LogP contribution in [-0.4, -0.2) is 22.9 Å². The normalized spacial score (nSPS) is 12.9. The monoisotopic (exact) mass is 234 g/mol. The summed E-state index contributed by atoms with van der Waals surface area (Å²) in [6.07, 6.45) is 0.539. The Hall–Kier alpha value is -0.280. The molecule has 1 aromatic rings. The average molecular weight is 235 g/mol. The van der Waals surface area contributed by atoms with Crippen molar-refractivity contribution in [2.75, 3.05) is 6.61 Å². The van der Waals surface area contributed by atoms with Crippen molar-refractivity contribution in [3.8, 4) is 0 Å². The predicted octanol–water partition coefficient (Wildman–Crippen LogP) is 2.28. The van der Waals surface area contributed by atoms with Crippen LogP contribution in [-0.2, 0) is 6.42 Å². The van der Waals surface area contributed by atoms with Crippen LogP contribution in [0.5, 0.6) is 0 Å². The van der Waals surface area contributed by atoms with Gasteiger partial charge in [-0.05, 0) is 30.5 Å². The van der Waals surface area contributed by atoms with Crippen LogP contribution in [0.15, 0.2) is 18.2 Å². The molecule has 0 heterocycles. The maximum atomic E-state index is 9.13. The summed E-state index contributed by atoms with van der Waals surface area (Å²) in [6.45, 7) is -0.207. The van der Waals surface area contributed by atoms with E-state index < -0.39 is 6.10 Å². The minimum Gasteiger partial charge on any atom is -0.394 e. The molecule has 0 saturated carbocycles. The fraction of sp³-hybridized carbons (Fsp3) is 0.400. The maximum absolute atomic E-state index is 9.13. The van der Waals surface area contributed by atoms with E-state index in [4.69, 9.17) is 33.4 Å². The zero-order valence-corrected chi connectivity index (χ0v) is 9.09. The van der Waals surface area contributed by atoms with E-state index in [1.165, 1.54) is 0 Å². The Kier molecular flexibility index (Phi) is 4.69. The fourth-order valence-electron chi connectivity index (χ4n) is 1.12. The highest BCUT2D eigenvalue weighted by atomic mass is 35.5. The van der Waals surface area contributed by atoms with Gasteiger partial charge in [-0.15, -0.1) is 0 Å². The average Bonchev–Trinajstić information content (AvgIpc) is 2.19. The smallest absolute Gasteiger partial charge is 0.0774 e. The Morgan fingerprint density at radius 1 is 1.21 bits per heavy atom. The van der Waals surface area contributed by atoms with Crippen molar-refractivity contribution in [1.29, 1.82) is 0 Å². The number of aryl methyl sites for hydroxylation is 1. The third-order valence-electron chi connectivity index (χ3n) is 1.96. The van der Waals surface area contributed by atoms with E-state index in [1.54, 1.807) is 12.1 Å². The molecule has 14 heavy (non-hydrogen) atoms. The summed E-state index contributed by atoms with van der Waals surface area (Å²) in [5.41, 5.74) is 1.01. The number of hydrogen-bond donors (Lipinski definition) is 2. The van der Waals surface area contributed by atoms with Gasteiger partial charge >= 0.3 is 0 Å². The number of hydrogen-bond acceptors (Lipinski definition) is 2. The first-order valence-electron chi connectivity index (χ1n) is 4.36. The fourth-order valence-corrected chi connectivity index (χ4v) is 1.44. The minimum absolute atomic E-state index is 0.207. The number of benzene rings is 1. The second-order valence-corrected chi connectivity index (χ2v) is 3.94. The lowest BCUT2D eigenvalue weighted by Gasteiger charge is -2.07. The number of halogens is 2. The van der Waals surface area contributed by atoms with Crippen LogP contribution in [0.3, 0.4) is 0 Å². The Bertz CT molecular complexity index is 302. The van der Waals surface area contributed by atoms with E-state index in [-0.39, 0.29) is 6.61 Å². The van der Waals surface area contributed by atoms with Crippen molar-refractivity contribution < 1.29 is 10.2 Å². The van der Waals surface area contributed by atoms with Crippen LogP contribution in [0, 0.1) is 0 Å². The van der Waals surface area contributed by atoms with Crippen LogP contribution in [0.2, 0.25) is 10.0 Å². The first-order chi connectivity index (χ1) is 6.63. The molecule has 0 amide bonds. The molecule has 0 radical (unpaired) electrons. The molecule has 0 bridgehead atoms. The van der Waals surface area contributed by atoms with Crippen molar-refractivity contribution >= 4 is 23.2 Å². The van der Waals surface area contributed by atoms with Crippen molar-refractivity contribution in [1.82, 2.24) is 0 Å². The molecular formula is C10H12Cl2O2. The van der Waals surface area contributed by atoms with Gasteiger partial charge in [-0.2, -0.15) is 0 Å². The van der Waals surface area contributed by atoms with E-state index >= 15 is 0 Å². The topological polar surface area (TPSA) is 40.5 Å². The number of aliphatic hydroxyl groups is 2. The molecule has 0 aromatic heterocycles. The highest BCUT2D eigenvalue weighted by Gasteiger charge is 2.04. The maximum Gasteiger partial charge on any atom is 0.0774 e. The summed E-state index contributed by atoms with van der Waals surface area (Å²) in [5, 5.41) is 18.8. The van der Waals surface area contributed by atoms with Gasteiger partial charge in [0.15, 0.2) is 0 Å². The lowest BCUT2D eigenvalue weighted by Crippen LogP contribution is -2.12. The van der Waals surface area contributed by atoms with Gasteiger partial charge in [-0.1, -0.05) is 29.3 Å². The molecule has 0 saturated heterocycles. The molecule has 2 N–H and O–H groups in total. The second-order valence-electron chi connectivity index (χ2n) is 3.12. The Morgan fingerprint density at radius 2 is 1.93 bits per heavy atom. The van der Waals surface area contributed by atoms with Gasteiger partial charge in [0, 0.05) is 0 Å². The van der Waals surface area contributed by atoms with Crippen LogP contribution in [0.1, 0.15) is 12.0 Å². The van der Waals surface area contributed by atoms with E-state index in [1.807, 2.05) is 6.07 Å². The Labute approximate surface area is 93.1 Å². The van der Waals surface area contributed by atoms with Gasteiger partial charge in [-0.3, -0.25) is 0 Å². The minimum atomic E-state index is -0.663. The van der Waals surface area contributed by atoms with Crippen molar-refractivity contribution in [2.24, 2.45) is 0 Å². The van der Waals surface area contributed by atoms with Crippen LogP contribution in [0.25, 0.3) is 0 Å². The van der Waals surface area contributed by atoms with E-state index in [0.717, 1.165) is 5.56 Å². The van der Waals surface area contributed by atoms with Gasteiger partial charge in [0.25, 0.3) is 0 Å². The van der Waals surface area contributed by atoms with Gasteiger partial charge < -0.3 is 10.2 Å². The van der Waals surface area contributed by atoms with Gasteiger partial charge in [0.05, 0.1) is 22.8 Å². The molecule has 1 rings (SSSR count). The van der Waals surface area contributed by atoms with Crippen molar-refractivity contribution in [3.63, 3.8) is 0 Å². The first kappa shape index (κ1) is 11.8. The molecule has 78 valence electrons. The molecule has 1 aromatic carbocycles. The SMILES string of the molecule is OCC(O)CCc1ccc(Cl)c(Cl)c1. The number of rotatable bonds is 4. The number of aliphatic hydroxyl groups excluding tert-OH is 2. The zero-order chi connectivity index (χ0) is 10.6. The lowest BCUT2D eigenvalue weighted by atomic mass is 10.1. The Balaban J connectivity index is 2.55. The van der Waals surface area contributed by atoms with Crippen LogP contribution in [0.4, 0.5) is 0 Å². The molecular weight excluding hydrogens is 223 g/mol. The summed E-state index contributed by atoms with van der Waals surface area (Å²) in [5.74, 6) is 0. The summed E-state index contributed by atoms with van der Waals surface area (Å²) in [4.78, 5) is 0. The highest BCUT2D eigenvalue weighted by molar-refractivity contribution is 6.42. The molecule has 2 nitrogen and oxygen atoms in total. The zero-order valence-electron chi connectivity index (χ0n) is 7.58. The van der Waals surface area contributed by atoms with Crippen molar-refractivity contribution in [3.05, 3.63) is 33.8 Å². The standard InChI is InChI=1S/C10H12Cl2O2/c11-9-4-2-7(5-10(9)12)1-3-8(14)6-13/h2,4-5,8,13-14H,1,3,6H2. The summed E-state index contributed by atoms with van der Waals surface area (Å²) >= 11 is 11.6. The first-order valence-corrected chi connectivity index (χ1v) is 5.12. The van der Waals surface area contributed by atoms with Crippen LogP contribution < -0.4 is 0 Å². The van der Waals surface area contributed by atoms with Crippen molar-refractivity contribution in [2.45, 2.75) is 18.9 Å². The third kappa shape index (κ3) is 3.46. The summed E-state index contributed by atoms with van der Waals surface area (Å²) in [6, 6.07) is 5.36. The third-order valence-corrected chi connectivity index (χ3v) is 2.70. The molecule has 4 heteroatoms. The van der Waals surface area contributed by atoms with E-state index in [0.29, 0.717) is 22.9 Å². The summed E-state index contributed by atoms with van der Waals surface area (Å²) in [7, 11) is 0. The molecule has 1 unspecified atom stereocenters. The molecule has 0 aliphatic heterocycles.